The van der Waals surface area contributed by atoms with Crippen molar-refractivity contribution in [2.75, 3.05) is 6.61 Å². The van der Waals surface area contributed by atoms with E-state index >= 15 is 0 Å². The van der Waals surface area contributed by atoms with Crippen LogP contribution in [0.2, 0.25) is 0 Å². The van der Waals surface area contributed by atoms with Crippen molar-refractivity contribution in [1.29, 1.82) is 0 Å². The van der Waals surface area contributed by atoms with Crippen LogP contribution in [0.1, 0.15) is 35.3 Å². The molecule has 0 unspecified atom stereocenters. The molecule has 0 atom stereocenters. The molecule has 0 bridgehead atoms. The van der Waals surface area contributed by atoms with Crippen LogP contribution in [0.15, 0.2) is 27.2 Å². The van der Waals surface area contributed by atoms with Gasteiger partial charge in [-0.1, -0.05) is 15.9 Å². The van der Waals surface area contributed by atoms with Gasteiger partial charge in [0.25, 0.3) is 0 Å². The average Bonchev–Trinajstić information content (AvgIpc) is 2.56. The zero-order chi connectivity index (χ0) is 19.3. The first kappa shape index (κ1) is 20.6. The lowest BCUT2D eigenvalue weighted by molar-refractivity contribution is -0.137. The Balaban J connectivity index is 2.28. The Labute approximate surface area is 170 Å². The number of esters is 1. The predicted molar refractivity (Wildman–Crippen MR) is 108 cm³/mol. The van der Waals surface area contributed by atoms with Gasteiger partial charge in [-0.25, -0.2) is 4.79 Å². The predicted octanol–water partition coefficient (Wildman–Crippen LogP) is 5.08. The van der Waals surface area contributed by atoms with Crippen molar-refractivity contribution in [3.63, 3.8) is 0 Å². The van der Waals surface area contributed by atoms with Gasteiger partial charge in [-0.15, -0.1) is 0 Å². The maximum absolute atomic E-state index is 11.6. The largest absolute Gasteiger partial charge is 0.485 e. The Morgan fingerprint density at radius 1 is 1.12 bits per heavy atom. The van der Waals surface area contributed by atoms with Gasteiger partial charge in [0.15, 0.2) is 0 Å². The van der Waals surface area contributed by atoms with Gasteiger partial charge < -0.3 is 9.47 Å². The zero-order valence-electron chi connectivity index (χ0n) is 15.1. The summed E-state index contributed by atoms with van der Waals surface area (Å²) in [4.78, 5) is 20.6. The topological polar surface area (TPSA) is 61.3 Å². The molecule has 7 heteroatoms. The first-order valence-electron chi connectivity index (χ1n) is 8.09. The van der Waals surface area contributed by atoms with E-state index < -0.39 is 5.97 Å². The number of benzene rings is 1. The van der Waals surface area contributed by atoms with E-state index in [1.54, 1.807) is 13.0 Å². The molecule has 26 heavy (non-hydrogen) atoms. The highest BCUT2D eigenvalue weighted by Crippen LogP contribution is 2.34. The number of aryl methyl sites for hydroxylation is 3. The first-order chi connectivity index (χ1) is 12.3. The highest BCUT2D eigenvalue weighted by Gasteiger charge is 2.12. The number of hydrogen-bond donors (Lipinski definition) is 0. The molecule has 0 aliphatic rings. The van der Waals surface area contributed by atoms with Crippen molar-refractivity contribution in [1.82, 2.24) is 9.97 Å². The second kappa shape index (κ2) is 9.28. The number of aromatic nitrogens is 2. The molecular weight excluding hydrogens is 464 g/mol. The lowest BCUT2D eigenvalue weighted by Gasteiger charge is -2.14. The molecule has 2 rings (SSSR count). The van der Waals surface area contributed by atoms with E-state index in [0.717, 1.165) is 37.3 Å². The molecule has 2 aromatic rings. The molecule has 0 aliphatic heterocycles. The summed E-state index contributed by atoms with van der Waals surface area (Å²) in [6, 6.07) is 3.75. The van der Waals surface area contributed by atoms with Crippen LogP contribution in [0.5, 0.6) is 5.75 Å². The van der Waals surface area contributed by atoms with Crippen LogP contribution in [0.3, 0.4) is 0 Å². The lowest BCUT2D eigenvalue weighted by atomic mass is 10.2. The molecule has 0 fully saturated rings. The van der Waals surface area contributed by atoms with Gasteiger partial charge in [0.2, 0.25) is 0 Å². The third-order valence-electron chi connectivity index (χ3n) is 3.66. The lowest BCUT2D eigenvalue weighted by Crippen LogP contribution is -2.07. The summed E-state index contributed by atoms with van der Waals surface area (Å²) >= 11 is 6.96. The number of carbonyl (C=O) groups excluding carboxylic acids is 1. The smallest absolute Gasteiger partial charge is 0.330 e. The Morgan fingerprint density at radius 2 is 1.81 bits per heavy atom. The zero-order valence-corrected chi connectivity index (χ0v) is 18.3. The number of carbonyl (C=O) groups is 1. The monoisotopic (exact) mass is 482 g/mol. The molecule has 1 heterocycles. The van der Waals surface area contributed by atoms with E-state index in [9.17, 15) is 4.79 Å². The van der Waals surface area contributed by atoms with Crippen molar-refractivity contribution >= 4 is 43.9 Å². The molecule has 0 spiro atoms. The van der Waals surface area contributed by atoms with Crippen LogP contribution in [0.25, 0.3) is 6.08 Å². The van der Waals surface area contributed by atoms with E-state index in [1.807, 2.05) is 32.9 Å². The maximum atomic E-state index is 11.6. The van der Waals surface area contributed by atoms with Crippen LogP contribution in [-0.4, -0.2) is 22.5 Å². The summed E-state index contributed by atoms with van der Waals surface area (Å²) < 4.78 is 12.6. The summed E-state index contributed by atoms with van der Waals surface area (Å²) in [5.41, 5.74) is 4.16. The molecule has 1 aromatic carbocycles. The molecule has 0 aliphatic carbocycles. The molecule has 138 valence electrons. The van der Waals surface area contributed by atoms with Gasteiger partial charge in [-0.3, -0.25) is 9.97 Å². The van der Waals surface area contributed by atoms with Crippen molar-refractivity contribution in [3.05, 3.63) is 55.5 Å². The van der Waals surface area contributed by atoms with Crippen LogP contribution >= 0.6 is 31.9 Å². The fraction of sp³-hybridized carbons (Fsp3) is 0.316. The third kappa shape index (κ3) is 5.38. The minimum Gasteiger partial charge on any atom is -0.485 e. The molecule has 0 radical (unpaired) electrons. The van der Waals surface area contributed by atoms with E-state index in [4.69, 9.17) is 9.47 Å². The number of ether oxygens (including phenoxy) is 2. The van der Waals surface area contributed by atoms with Crippen molar-refractivity contribution in [2.45, 2.75) is 34.3 Å². The molecule has 0 N–H and O–H groups in total. The number of rotatable bonds is 6. The van der Waals surface area contributed by atoms with Crippen LogP contribution in [0.4, 0.5) is 0 Å². The highest BCUT2D eigenvalue weighted by atomic mass is 79.9. The molecule has 0 saturated carbocycles. The minimum atomic E-state index is -0.398. The van der Waals surface area contributed by atoms with Gasteiger partial charge in [0.1, 0.15) is 12.4 Å². The van der Waals surface area contributed by atoms with E-state index in [2.05, 4.69) is 41.8 Å². The van der Waals surface area contributed by atoms with Gasteiger partial charge >= 0.3 is 5.97 Å². The average molecular weight is 484 g/mol. The fourth-order valence-electron chi connectivity index (χ4n) is 2.24. The van der Waals surface area contributed by atoms with Crippen molar-refractivity contribution in [3.8, 4) is 5.75 Å². The Kier molecular flexibility index (Phi) is 7.34. The van der Waals surface area contributed by atoms with Crippen LogP contribution in [-0.2, 0) is 16.1 Å². The summed E-state index contributed by atoms with van der Waals surface area (Å²) in [5.74, 6) is 0.221. The molecule has 1 aromatic heterocycles. The second-order valence-corrected chi connectivity index (χ2v) is 7.38. The van der Waals surface area contributed by atoms with Gasteiger partial charge in [0.05, 0.1) is 33.9 Å². The third-order valence-corrected chi connectivity index (χ3v) is 4.70. The molecule has 0 saturated heterocycles. The minimum absolute atomic E-state index is 0.278. The first-order valence-corrected chi connectivity index (χ1v) is 9.67. The summed E-state index contributed by atoms with van der Waals surface area (Å²) in [6.45, 7) is 8.15. The quantitative estimate of drug-likeness (QED) is 0.423. The number of halogens is 2. The summed E-state index contributed by atoms with van der Waals surface area (Å²) in [7, 11) is 0. The Bertz CT molecular complexity index is 851. The summed E-state index contributed by atoms with van der Waals surface area (Å²) in [5, 5.41) is 0. The highest BCUT2D eigenvalue weighted by molar-refractivity contribution is 9.11. The van der Waals surface area contributed by atoms with Crippen molar-refractivity contribution < 1.29 is 14.3 Å². The fourth-order valence-corrected chi connectivity index (χ4v) is 3.62. The molecular formula is C19H20Br2N2O3. The normalized spacial score (nSPS) is 11.0. The molecule has 5 nitrogen and oxygen atoms in total. The van der Waals surface area contributed by atoms with Gasteiger partial charge in [0, 0.05) is 16.1 Å². The Hall–Kier alpha value is -1.73. The van der Waals surface area contributed by atoms with E-state index in [0.29, 0.717) is 12.4 Å². The van der Waals surface area contributed by atoms with E-state index in [-0.39, 0.29) is 6.61 Å². The SMILES string of the molecule is CCOC(=O)/C=C/c1cc(Br)cc(Br)c1OCc1nc(C)c(C)nc1C. The second-order valence-electron chi connectivity index (χ2n) is 5.61. The maximum Gasteiger partial charge on any atom is 0.330 e. The number of nitrogens with zero attached hydrogens (tertiary/aromatic N) is 2. The van der Waals surface area contributed by atoms with Crippen LogP contribution in [0, 0.1) is 20.8 Å². The Morgan fingerprint density at radius 3 is 2.50 bits per heavy atom. The van der Waals surface area contributed by atoms with E-state index in [1.165, 1.54) is 6.08 Å². The number of hydrogen-bond acceptors (Lipinski definition) is 5. The van der Waals surface area contributed by atoms with Crippen molar-refractivity contribution in [2.24, 2.45) is 0 Å². The standard InChI is InChI=1S/C19H20Br2N2O3/c1-5-25-18(24)7-6-14-8-15(20)9-16(21)19(14)26-10-17-13(4)22-11(2)12(3)23-17/h6-9H,5,10H2,1-4H3/b7-6+. The van der Waals surface area contributed by atoms with Gasteiger partial charge in [-0.2, -0.15) is 0 Å². The molecule has 0 amide bonds. The van der Waals surface area contributed by atoms with Gasteiger partial charge in [-0.05, 0) is 61.8 Å². The van der Waals surface area contributed by atoms with Crippen LogP contribution < -0.4 is 4.74 Å². The summed E-state index contributed by atoms with van der Waals surface area (Å²) in [6.07, 6.45) is 3.05.